The molecule has 0 aliphatic carbocycles. The molecule has 24 heavy (non-hydrogen) atoms. The lowest BCUT2D eigenvalue weighted by Gasteiger charge is -2.14. The van der Waals surface area contributed by atoms with Gasteiger partial charge in [-0.25, -0.2) is 0 Å². The van der Waals surface area contributed by atoms with Crippen LogP contribution in [0.15, 0.2) is 59.6 Å². The highest BCUT2D eigenvalue weighted by Gasteiger charge is 2.04. The number of ether oxygens (including phenoxy) is 1. The molecule has 0 aliphatic heterocycles. The third kappa shape index (κ3) is 6.05. The molecule has 0 atom stereocenters. The van der Waals surface area contributed by atoms with E-state index in [1.807, 2.05) is 18.2 Å². The standard InChI is InChI=1S/C20H27N3O/c1-3-13-22-20(21-2)23-14-18-11-7-8-12-19(18)16-24-15-17-9-5-4-6-10-17/h4-12H,3,13-16H2,1-2H3,(H2,21,22,23). The summed E-state index contributed by atoms with van der Waals surface area (Å²) in [7, 11) is 1.79. The van der Waals surface area contributed by atoms with Crippen LogP contribution in [0, 0.1) is 0 Å². The summed E-state index contributed by atoms with van der Waals surface area (Å²) in [5, 5.41) is 6.63. The number of benzene rings is 2. The zero-order valence-corrected chi connectivity index (χ0v) is 14.6. The SMILES string of the molecule is CCCNC(=NC)NCc1ccccc1COCc1ccccc1. The first-order chi connectivity index (χ1) is 11.8. The Hall–Kier alpha value is -2.33. The van der Waals surface area contributed by atoms with Crippen LogP contribution in [0.25, 0.3) is 0 Å². The zero-order chi connectivity index (χ0) is 17.0. The van der Waals surface area contributed by atoms with Gasteiger partial charge in [0, 0.05) is 20.1 Å². The molecule has 128 valence electrons. The maximum atomic E-state index is 5.87. The van der Waals surface area contributed by atoms with Crippen molar-refractivity contribution >= 4 is 5.96 Å². The van der Waals surface area contributed by atoms with Crippen molar-refractivity contribution in [2.75, 3.05) is 13.6 Å². The van der Waals surface area contributed by atoms with Gasteiger partial charge in [-0.3, -0.25) is 4.99 Å². The largest absolute Gasteiger partial charge is 0.372 e. The van der Waals surface area contributed by atoms with Crippen LogP contribution in [-0.2, 0) is 24.5 Å². The average molecular weight is 325 g/mol. The molecular formula is C20H27N3O. The summed E-state index contributed by atoms with van der Waals surface area (Å²) in [5.74, 6) is 0.830. The molecule has 0 aromatic heterocycles. The number of hydrogen-bond donors (Lipinski definition) is 2. The van der Waals surface area contributed by atoms with E-state index in [1.54, 1.807) is 7.05 Å². The first-order valence-corrected chi connectivity index (χ1v) is 8.46. The number of aliphatic imine (C=N–C) groups is 1. The minimum atomic E-state index is 0.605. The fourth-order valence-corrected chi connectivity index (χ4v) is 2.37. The molecule has 4 nitrogen and oxygen atoms in total. The number of rotatable bonds is 8. The third-order valence-corrected chi connectivity index (χ3v) is 3.70. The van der Waals surface area contributed by atoms with Crippen molar-refractivity contribution in [1.82, 2.24) is 10.6 Å². The summed E-state index contributed by atoms with van der Waals surface area (Å²) >= 11 is 0. The highest BCUT2D eigenvalue weighted by atomic mass is 16.5. The fraction of sp³-hybridized carbons (Fsp3) is 0.350. The summed E-state index contributed by atoms with van der Waals surface area (Å²) in [6, 6.07) is 18.6. The lowest BCUT2D eigenvalue weighted by atomic mass is 10.1. The van der Waals surface area contributed by atoms with Gasteiger partial charge in [0.25, 0.3) is 0 Å². The number of nitrogens with one attached hydrogen (secondary N) is 2. The lowest BCUT2D eigenvalue weighted by Crippen LogP contribution is -2.37. The van der Waals surface area contributed by atoms with Gasteiger partial charge in [-0.1, -0.05) is 61.5 Å². The average Bonchev–Trinajstić information content (AvgIpc) is 2.64. The van der Waals surface area contributed by atoms with Crippen molar-refractivity contribution in [3.63, 3.8) is 0 Å². The van der Waals surface area contributed by atoms with Gasteiger partial charge in [0.1, 0.15) is 0 Å². The summed E-state index contributed by atoms with van der Waals surface area (Å²) in [6.07, 6.45) is 1.07. The predicted molar refractivity (Wildman–Crippen MR) is 99.9 cm³/mol. The van der Waals surface area contributed by atoms with Crippen LogP contribution in [0.1, 0.15) is 30.0 Å². The van der Waals surface area contributed by atoms with Crippen LogP contribution in [0.5, 0.6) is 0 Å². The van der Waals surface area contributed by atoms with Gasteiger partial charge < -0.3 is 15.4 Å². The molecule has 2 rings (SSSR count). The second-order valence-electron chi connectivity index (χ2n) is 5.60. The van der Waals surface area contributed by atoms with Crippen LogP contribution in [-0.4, -0.2) is 19.6 Å². The Labute approximate surface area is 145 Å². The molecule has 0 unspecified atom stereocenters. The molecule has 2 aromatic rings. The topological polar surface area (TPSA) is 45.7 Å². The van der Waals surface area contributed by atoms with Crippen LogP contribution in [0.3, 0.4) is 0 Å². The van der Waals surface area contributed by atoms with Gasteiger partial charge in [0.2, 0.25) is 0 Å². The summed E-state index contributed by atoms with van der Waals surface area (Å²) in [5.41, 5.74) is 3.62. The molecule has 0 saturated carbocycles. The van der Waals surface area contributed by atoms with E-state index < -0.39 is 0 Å². The lowest BCUT2D eigenvalue weighted by molar-refractivity contribution is 0.106. The summed E-state index contributed by atoms with van der Waals surface area (Å²) < 4.78 is 5.87. The molecule has 0 bridgehead atoms. The van der Waals surface area contributed by atoms with Crippen LogP contribution >= 0.6 is 0 Å². The Morgan fingerprint density at radius 2 is 1.62 bits per heavy atom. The minimum absolute atomic E-state index is 0.605. The first-order valence-electron chi connectivity index (χ1n) is 8.46. The monoisotopic (exact) mass is 325 g/mol. The molecular weight excluding hydrogens is 298 g/mol. The molecule has 0 fully saturated rings. The molecule has 0 amide bonds. The Morgan fingerprint density at radius 3 is 2.33 bits per heavy atom. The predicted octanol–water partition coefficient (Wildman–Crippen LogP) is 3.48. The molecule has 0 spiro atoms. The second kappa shape index (κ2) is 10.4. The molecule has 0 radical (unpaired) electrons. The van der Waals surface area contributed by atoms with Gasteiger partial charge >= 0.3 is 0 Å². The van der Waals surface area contributed by atoms with Gasteiger partial charge in [-0.2, -0.15) is 0 Å². The van der Waals surface area contributed by atoms with E-state index in [0.717, 1.165) is 25.5 Å². The smallest absolute Gasteiger partial charge is 0.191 e. The Morgan fingerprint density at radius 1 is 0.917 bits per heavy atom. The van der Waals surface area contributed by atoms with E-state index in [2.05, 4.69) is 58.9 Å². The van der Waals surface area contributed by atoms with E-state index in [0.29, 0.717) is 13.2 Å². The molecule has 2 aromatic carbocycles. The third-order valence-electron chi connectivity index (χ3n) is 3.70. The first kappa shape index (κ1) is 18.0. The van der Waals surface area contributed by atoms with E-state index in [9.17, 15) is 0 Å². The fourth-order valence-electron chi connectivity index (χ4n) is 2.37. The zero-order valence-electron chi connectivity index (χ0n) is 14.6. The Bertz CT molecular complexity index is 626. The van der Waals surface area contributed by atoms with Gasteiger partial charge in [0.05, 0.1) is 13.2 Å². The Balaban J connectivity index is 1.87. The van der Waals surface area contributed by atoms with Crippen molar-refractivity contribution < 1.29 is 4.74 Å². The highest BCUT2D eigenvalue weighted by Crippen LogP contribution is 2.11. The molecule has 0 aliphatic rings. The molecule has 0 heterocycles. The molecule has 0 saturated heterocycles. The van der Waals surface area contributed by atoms with Crippen LogP contribution in [0.2, 0.25) is 0 Å². The van der Waals surface area contributed by atoms with E-state index in [-0.39, 0.29) is 0 Å². The highest BCUT2D eigenvalue weighted by molar-refractivity contribution is 5.79. The van der Waals surface area contributed by atoms with E-state index in [1.165, 1.54) is 16.7 Å². The van der Waals surface area contributed by atoms with Crippen molar-refractivity contribution in [2.24, 2.45) is 4.99 Å². The van der Waals surface area contributed by atoms with E-state index >= 15 is 0 Å². The normalized spacial score (nSPS) is 11.3. The summed E-state index contributed by atoms with van der Waals surface area (Å²) in [4.78, 5) is 4.24. The number of guanidine groups is 1. The van der Waals surface area contributed by atoms with Crippen molar-refractivity contribution in [3.05, 3.63) is 71.3 Å². The summed E-state index contributed by atoms with van der Waals surface area (Å²) in [6.45, 7) is 5.02. The van der Waals surface area contributed by atoms with Crippen LogP contribution in [0.4, 0.5) is 0 Å². The van der Waals surface area contributed by atoms with Crippen LogP contribution < -0.4 is 10.6 Å². The second-order valence-corrected chi connectivity index (χ2v) is 5.60. The van der Waals surface area contributed by atoms with Crippen molar-refractivity contribution in [1.29, 1.82) is 0 Å². The molecule has 2 N–H and O–H groups in total. The quantitative estimate of drug-likeness (QED) is 0.577. The number of hydrogen-bond acceptors (Lipinski definition) is 2. The number of nitrogens with zero attached hydrogens (tertiary/aromatic N) is 1. The van der Waals surface area contributed by atoms with Gasteiger partial charge in [-0.05, 0) is 23.1 Å². The minimum Gasteiger partial charge on any atom is -0.372 e. The molecule has 4 heteroatoms. The van der Waals surface area contributed by atoms with Gasteiger partial charge in [0.15, 0.2) is 5.96 Å². The van der Waals surface area contributed by atoms with Gasteiger partial charge in [-0.15, -0.1) is 0 Å². The van der Waals surface area contributed by atoms with Crippen molar-refractivity contribution in [2.45, 2.75) is 33.1 Å². The maximum Gasteiger partial charge on any atom is 0.191 e. The maximum absolute atomic E-state index is 5.87. The van der Waals surface area contributed by atoms with Crippen molar-refractivity contribution in [3.8, 4) is 0 Å². The Kier molecular flexibility index (Phi) is 7.84. The van der Waals surface area contributed by atoms with E-state index in [4.69, 9.17) is 4.74 Å².